The van der Waals surface area contributed by atoms with E-state index in [1.54, 1.807) is 6.08 Å². The molecule has 2 N–H and O–H groups in total. The molecule has 1 aromatic rings. The Morgan fingerprint density at radius 1 is 1.43 bits per heavy atom. The van der Waals surface area contributed by atoms with Crippen LogP contribution >= 0.6 is 0 Å². The van der Waals surface area contributed by atoms with Gasteiger partial charge in [-0.1, -0.05) is 42.5 Å². The van der Waals surface area contributed by atoms with E-state index >= 15 is 0 Å². The Morgan fingerprint density at radius 2 is 2.19 bits per heavy atom. The van der Waals surface area contributed by atoms with Crippen molar-refractivity contribution in [3.05, 3.63) is 54.1 Å². The summed E-state index contributed by atoms with van der Waals surface area (Å²) in [5.74, 6) is -0.539. The van der Waals surface area contributed by atoms with Crippen molar-refractivity contribution in [3.8, 4) is 6.07 Å². The van der Waals surface area contributed by atoms with Gasteiger partial charge in [-0.2, -0.15) is 5.26 Å². The second-order valence-corrected chi connectivity index (χ2v) is 4.70. The smallest absolute Gasteiger partial charge is 0.245 e. The zero-order valence-corrected chi connectivity index (χ0v) is 11.5. The lowest BCUT2D eigenvalue weighted by atomic mass is 9.90. The summed E-state index contributed by atoms with van der Waals surface area (Å²) in [7, 11) is 0. The van der Waals surface area contributed by atoms with Crippen LogP contribution in [0.5, 0.6) is 0 Å². The minimum absolute atomic E-state index is 0.00300. The first kappa shape index (κ1) is 15.0. The molecule has 0 fully saturated rings. The van der Waals surface area contributed by atoms with E-state index in [0.29, 0.717) is 6.42 Å². The van der Waals surface area contributed by atoms with Crippen molar-refractivity contribution in [2.45, 2.75) is 18.4 Å². The molecule has 0 radical (unpaired) electrons. The Morgan fingerprint density at radius 3 is 2.76 bits per heavy atom. The van der Waals surface area contributed by atoms with Crippen molar-refractivity contribution in [1.82, 2.24) is 5.48 Å². The molecule has 1 aromatic carbocycles. The predicted molar refractivity (Wildman–Crippen MR) is 77.0 cm³/mol. The largest absolute Gasteiger partial charge is 0.356 e. The van der Waals surface area contributed by atoms with Crippen LogP contribution in [-0.2, 0) is 9.53 Å². The third-order valence-electron chi connectivity index (χ3n) is 3.27. The Hall–Kier alpha value is -2.42. The topological polar surface area (TPSA) is 82.3 Å². The number of allylic oxidation sites excluding steroid dienone is 2. The van der Waals surface area contributed by atoms with Gasteiger partial charge in [-0.15, -0.1) is 0 Å². The van der Waals surface area contributed by atoms with Crippen molar-refractivity contribution >= 4 is 11.5 Å². The van der Waals surface area contributed by atoms with Crippen LogP contribution in [0.25, 0.3) is 5.57 Å². The third-order valence-corrected chi connectivity index (χ3v) is 3.27. The van der Waals surface area contributed by atoms with Gasteiger partial charge in [-0.25, -0.2) is 5.48 Å². The average molecular weight is 284 g/mol. The van der Waals surface area contributed by atoms with Crippen molar-refractivity contribution in [1.29, 1.82) is 5.26 Å². The summed E-state index contributed by atoms with van der Waals surface area (Å²) in [5, 5.41) is 17.7. The maximum atomic E-state index is 10.9. The first-order chi connectivity index (χ1) is 10.2. The number of nitrogens with zero attached hydrogens (tertiary/aromatic N) is 1. The lowest BCUT2D eigenvalue weighted by Crippen LogP contribution is -2.31. The highest BCUT2D eigenvalue weighted by atomic mass is 16.5. The number of carbonyl (C=O) groups is 1. The summed E-state index contributed by atoms with van der Waals surface area (Å²) < 4.78 is 5.51. The summed E-state index contributed by atoms with van der Waals surface area (Å²) in [4.78, 5) is 10.9. The normalized spacial score (nSPS) is 20.5. The zero-order chi connectivity index (χ0) is 15.1. The number of hydrogen-bond acceptors (Lipinski definition) is 4. The molecule has 5 nitrogen and oxygen atoms in total. The lowest BCUT2D eigenvalue weighted by Gasteiger charge is -2.25. The van der Waals surface area contributed by atoms with E-state index in [4.69, 9.17) is 9.94 Å². The van der Waals surface area contributed by atoms with Crippen LogP contribution < -0.4 is 5.48 Å². The van der Waals surface area contributed by atoms with Crippen LogP contribution in [0.3, 0.4) is 0 Å². The predicted octanol–water partition coefficient (Wildman–Crippen LogP) is 2.20. The van der Waals surface area contributed by atoms with Crippen LogP contribution in [-0.4, -0.2) is 23.3 Å². The SMILES string of the molecule is N#CC1(OCCC(=O)NO)C=CC(c2ccccc2)=CC1. The molecule has 0 saturated carbocycles. The molecule has 0 aliphatic heterocycles. The number of nitrogens with one attached hydrogen (secondary N) is 1. The summed E-state index contributed by atoms with van der Waals surface area (Å²) >= 11 is 0. The second kappa shape index (κ2) is 6.84. The Kier molecular flexibility index (Phi) is 4.88. The minimum Gasteiger partial charge on any atom is -0.356 e. The number of amides is 1. The van der Waals surface area contributed by atoms with Gasteiger partial charge in [0.1, 0.15) is 6.07 Å². The Labute approximate surface area is 123 Å². The molecule has 0 aromatic heterocycles. The Balaban J connectivity index is 2.00. The maximum Gasteiger partial charge on any atom is 0.245 e. The van der Waals surface area contributed by atoms with Gasteiger partial charge in [0.2, 0.25) is 5.91 Å². The number of rotatable bonds is 5. The quantitative estimate of drug-likeness (QED) is 0.641. The van der Waals surface area contributed by atoms with Gasteiger partial charge in [0, 0.05) is 6.42 Å². The summed E-state index contributed by atoms with van der Waals surface area (Å²) in [5.41, 5.74) is 2.61. The maximum absolute atomic E-state index is 10.9. The Bertz CT molecular complexity index is 602. The molecule has 1 unspecified atom stereocenters. The van der Waals surface area contributed by atoms with Gasteiger partial charge in [0.15, 0.2) is 5.60 Å². The van der Waals surface area contributed by atoms with Crippen LogP contribution in [0.4, 0.5) is 0 Å². The van der Waals surface area contributed by atoms with E-state index < -0.39 is 11.5 Å². The summed E-state index contributed by atoms with van der Waals surface area (Å²) in [6.45, 7) is 0.0683. The molecule has 1 atom stereocenters. The monoisotopic (exact) mass is 284 g/mol. The highest BCUT2D eigenvalue weighted by Crippen LogP contribution is 2.29. The van der Waals surface area contributed by atoms with Crippen molar-refractivity contribution in [3.63, 3.8) is 0 Å². The minimum atomic E-state index is -1.05. The average Bonchev–Trinajstić information content (AvgIpc) is 2.56. The number of carbonyl (C=O) groups excluding carboxylic acids is 1. The van der Waals surface area contributed by atoms with Crippen molar-refractivity contribution < 1.29 is 14.7 Å². The molecule has 5 heteroatoms. The van der Waals surface area contributed by atoms with E-state index in [-0.39, 0.29) is 13.0 Å². The number of hydrogen-bond donors (Lipinski definition) is 2. The van der Waals surface area contributed by atoms with Gasteiger partial charge < -0.3 is 4.74 Å². The molecule has 0 bridgehead atoms. The van der Waals surface area contributed by atoms with Crippen LogP contribution in [0.1, 0.15) is 18.4 Å². The van der Waals surface area contributed by atoms with Crippen molar-refractivity contribution in [2.24, 2.45) is 0 Å². The standard InChI is InChI=1S/C16H16N2O3/c17-12-16(21-11-8-15(19)18-20)9-6-14(7-10-16)13-4-2-1-3-5-13/h1-7,9,20H,8,10-11H2,(H,18,19). The molecule has 108 valence electrons. The molecule has 0 spiro atoms. The fourth-order valence-electron chi connectivity index (χ4n) is 2.07. The molecule has 1 aliphatic rings. The van der Waals surface area contributed by atoms with Gasteiger partial charge >= 0.3 is 0 Å². The number of ether oxygens (including phenoxy) is 1. The lowest BCUT2D eigenvalue weighted by molar-refractivity contribution is -0.130. The number of hydroxylamine groups is 1. The van der Waals surface area contributed by atoms with Crippen LogP contribution in [0, 0.1) is 11.3 Å². The summed E-state index contributed by atoms with van der Waals surface area (Å²) in [6.07, 6.45) is 5.94. The van der Waals surface area contributed by atoms with Crippen LogP contribution in [0.2, 0.25) is 0 Å². The first-order valence-corrected chi connectivity index (χ1v) is 6.62. The van der Waals surface area contributed by atoms with E-state index in [2.05, 4.69) is 6.07 Å². The van der Waals surface area contributed by atoms with Crippen molar-refractivity contribution in [2.75, 3.05) is 6.61 Å². The molecule has 1 aliphatic carbocycles. The zero-order valence-electron chi connectivity index (χ0n) is 11.5. The van der Waals surface area contributed by atoms with E-state index in [0.717, 1.165) is 11.1 Å². The summed E-state index contributed by atoms with van der Waals surface area (Å²) in [6, 6.07) is 12.0. The highest BCUT2D eigenvalue weighted by Gasteiger charge is 2.29. The molecule has 21 heavy (non-hydrogen) atoms. The molecular weight excluding hydrogens is 268 g/mol. The third kappa shape index (κ3) is 3.78. The number of benzene rings is 1. The van der Waals surface area contributed by atoms with E-state index in [1.165, 1.54) is 5.48 Å². The molecular formula is C16H16N2O3. The first-order valence-electron chi connectivity index (χ1n) is 6.62. The second-order valence-electron chi connectivity index (χ2n) is 4.70. The van der Waals surface area contributed by atoms with E-state index in [9.17, 15) is 10.1 Å². The van der Waals surface area contributed by atoms with Crippen LogP contribution in [0.15, 0.2) is 48.6 Å². The number of nitriles is 1. The van der Waals surface area contributed by atoms with Gasteiger partial charge in [0.25, 0.3) is 0 Å². The molecule has 0 saturated heterocycles. The van der Waals surface area contributed by atoms with E-state index in [1.807, 2.05) is 42.5 Å². The van der Waals surface area contributed by atoms with Gasteiger partial charge in [-0.3, -0.25) is 10.0 Å². The fourth-order valence-corrected chi connectivity index (χ4v) is 2.07. The molecule has 1 amide bonds. The molecule has 0 heterocycles. The fraction of sp³-hybridized carbons (Fsp3) is 0.250. The van der Waals surface area contributed by atoms with Gasteiger partial charge in [0.05, 0.1) is 13.0 Å². The van der Waals surface area contributed by atoms with Gasteiger partial charge in [-0.05, 0) is 17.2 Å². The molecule has 2 rings (SSSR count). The highest BCUT2D eigenvalue weighted by molar-refractivity contribution is 5.76.